The number of carbonyl (C=O) groups is 2. The molecule has 6 nitrogen and oxygen atoms in total. The lowest BCUT2D eigenvalue weighted by molar-refractivity contribution is -0.149. The first-order valence-electron chi connectivity index (χ1n) is 9.06. The average Bonchev–Trinajstić information content (AvgIpc) is 3.27. The SMILES string of the molecule is O=C1NC[C@@]2(C(=O)O)CN(Cc3cccc(OC4CCCC4)c3)CC12. The van der Waals surface area contributed by atoms with Crippen LogP contribution < -0.4 is 10.1 Å². The quantitative estimate of drug-likeness (QED) is 0.849. The Bertz CT molecular complexity index is 686. The number of nitrogens with one attached hydrogen (secondary N) is 1. The van der Waals surface area contributed by atoms with Gasteiger partial charge in [-0.1, -0.05) is 12.1 Å². The number of ether oxygens (including phenoxy) is 1. The predicted octanol–water partition coefficient (Wildman–Crippen LogP) is 1.64. The molecule has 0 aromatic heterocycles. The van der Waals surface area contributed by atoms with Crippen molar-refractivity contribution in [2.45, 2.75) is 38.3 Å². The van der Waals surface area contributed by atoms with Crippen LogP contribution >= 0.6 is 0 Å². The molecule has 0 radical (unpaired) electrons. The van der Waals surface area contributed by atoms with Crippen LogP contribution in [0.4, 0.5) is 0 Å². The van der Waals surface area contributed by atoms with Gasteiger partial charge >= 0.3 is 5.97 Å². The Hall–Kier alpha value is -2.08. The Labute approximate surface area is 147 Å². The highest BCUT2D eigenvalue weighted by atomic mass is 16.5. The normalized spacial score (nSPS) is 29.6. The number of likely N-dealkylation sites (tertiary alicyclic amines) is 1. The van der Waals surface area contributed by atoms with E-state index < -0.39 is 17.3 Å². The summed E-state index contributed by atoms with van der Waals surface area (Å²) in [5.74, 6) is -0.586. The zero-order valence-corrected chi connectivity index (χ0v) is 14.2. The fourth-order valence-corrected chi connectivity index (χ4v) is 4.47. The predicted molar refractivity (Wildman–Crippen MR) is 91.2 cm³/mol. The van der Waals surface area contributed by atoms with E-state index in [2.05, 4.69) is 10.2 Å². The van der Waals surface area contributed by atoms with Crippen molar-refractivity contribution >= 4 is 11.9 Å². The molecule has 3 fully saturated rings. The smallest absolute Gasteiger partial charge is 0.313 e. The van der Waals surface area contributed by atoms with Crippen molar-refractivity contribution in [3.05, 3.63) is 29.8 Å². The molecule has 1 amide bonds. The summed E-state index contributed by atoms with van der Waals surface area (Å²) >= 11 is 0. The van der Waals surface area contributed by atoms with Crippen LogP contribution in [0.2, 0.25) is 0 Å². The lowest BCUT2D eigenvalue weighted by atomic mass is 9.81. The maximum atomic E-state index is 12.0. The fourth-order valence-electron chi connectivity index (χ4n) is 4.47. The molecular formula is C19H24N2O4. The van der Waals surface area contributed by atoms with Crippen LogP contribution in [0, 0.1) is 11.3 Å². The molecule has 1 saturated carbocycles. The molecule has 2 aliphatic heterocycles. The number of amides is 1. The highest BCUT2D eigenvalue weighted by Gasteiger charge is 2.59. The molecular weight excluding hydrogens is 320 g/mol. The summed E-state index contributed by atoms with van der Waals surface area (Å²) in [6.07, 6.45) is 5.03. The van der Waals surface area contributed by atoms with E-state index in [1.54, 1.807) is 0 Å². The number of hydrogen-bond donors (Lipinski definition) is 2. The third kappa shape index (κ3) is 2.99. The lowest BCUT2D eigenvalue weighted by Gasteiger charge is -2.22. The molecule has 0 bridgehead atoms. The Morgan fingerprint density at radius 1 is 1.36 bits per heavy atom. The van der Waals surface area contributed by atoms with Gasteiger partial charge in [-0.3, -0.25) is 14.5 Å². The minimum Gasteiger partial charge on any atom is -0.490 e. The van der Waals surface area contributed by atoms with Crippen molar-refractivity contribution in [3.63, 3.8) is 0 Å². The van der Waals surface area contributed by atoms with E-state index in [0.29, 0.717) is 25.7 Å². The first-order chi connectivity index (χ1) is 12.1. The van der Waals surface area contributed by atoms with Gasteiger partial charge in [0, 0.05) is 26.2 Å². The van der Waals surface area contributed by atoms with Crippen LogP contribution in [-0.4, -0.2) is 47.6 Å². The summed E-state index contributed by atoms with van der Waals surface area (Å²) in [5, 5.41) is 12.4. The van der Waals surface area contributed by atoms with Crippen LogP contribution in [0.5, 0.6) is 5.75 Å². The third-order valence-corrected chi connectivity index (χ3v) is 5.84. The number of rotatable bonds is 5. The third-order valence-electron chi connectivity index (χ3n) is 5.84. The molecule has 3 aliphatic rings. The number of fused-ring (bicyclic) bond motifs is 1. The monoisotopic (exact) mass is 344 g/mol. The molecule has 1 unspecified atom stereocenters. The van der Waals surface area contributed by atoms with Crippen molar-refractivity contribution < 1.29 is 19.4 Å². The van der Waals surface area contributed by atoms with Crippen molar-refractivity contribution in [1.82, 2.24) is 10.2 Å². The second-order valence-corrected chi connectivity index (χ2v) is 7.57. The molecule has 2 atom stereocenters. The molecule has 2 heterocycles. The summed E-state index contributed by atoms with van der Waals surface area (Å²) in [6, 6.07) is 8.03. The Morgan fingerprint density at radius 3 is 2.88 bits per heavy atom. The van der Waals surface area contributed by atoms with Gasteiger partial charge in [-0.25, -0.2) is 0 Å². The van der Waals surface area contributed by atoms with E-state index in [0.717, 1.165) is 24.2 Å². The van der Waals surface area contributed by atoms with Crippen LogP contribution in [0.15, 0.2) is 24.3 Å². The number of carboxylic acids is 1. The van der Waals surface area contributed by atoms with E-state index >= 15 is 0 Å². The first kappa shape index (κ1) is 16.4. The maximum absolute atomic E-state index is 12.0. The summed E-state index contributed by atoms with van der Waals surface area (Å²) in [6.45, 7) is 1.76. The summed E-state index contributed by atoms with van der Waals surface area (Å²) < 4.78 is 6.05. The average molecular weight is 344 g/mol. The molecule has 134 valence electrons. The Balaban J connectivity index is 1.44. The molecule has 1 aromatic rings. The molecule has 6 heteroatoms. The molecule has 2 N–H and O–H groups in total. The second-order valence-electron chi connectivity index (χ2n) is 7.57. The minimum atomic E-state index is -0.977. The van der Waals surface area contributed by atoms with Crippen molar-refractivity contribution in [2.24, 2.45) is 11.3 Å². The van der Waals surface area contributed by atoms with E-state index in [9.17, 15) is 14.7 Å². The van der Waals surface area contributed by atoms with Crippen LogP contribution in [0.1, 0.15) is 31.2 Å². The van der Waals surface area contributed by atoms with Gasteiger partial charge in [0.15, 0.2) is 0 Å². The largest absolute Gasteiger partial charge is 0.490 e. The minimum absolute atomic E-state index is 0.136. The summed E-state index contributed by atoms with van der Waals surface area (Å²) in [7, 11) is 0. The molecule has 4 rings (SSSR count). The molecule has 1 aliphatic carbocycles. The molecule has 0 spiro atoms. The van der Waals surface area contributed by atoms with Gasteiger partial charge in [-0.15, -0.1) is 0 Å². The maximum Gasteiger partial charge on any atom is 0.313 e. The Morgan fingerprint density at radius 2 is 2.16 bits per heavy atom. The number of aliphatic carboxylic acids is 1. The van der Waals surface area contributed by atoms with Crippen molar-refractivity contribution in [3.8, 4) is 5.75 Å². The van der Waals surface area contributed by atoms with Crippen LogP contribution in [0.25, 0.3) is 0 Å². The lowest BCUT2D eigenvalue weighted by Crippen LogP contribution is -2.40. The van der Waals surface area contributed by atoms with Crippen molar-refractivity contribution in [1.29, 1.82) is 0 Å². The molecule has 1 aromatic carbocycles. The van der Waals surface area contributed by atoms with Crippen LogP contribution in [-0.2, 0) is 16.1 Å². The topological polar surface area (TPSA) is 78.9 Å². The first-order valence-corrected chi connectivity index (χ1v) is 9.06. The molecule has 25 heavy (non-hydrogen) atoms. The van der Waals surface area contributed by atoms with E-state index in [1.807, 2.05) is 24.3 Å². The zero-order valence-electron chi connectivity index (χ0n) is 14.2. The van der Waals surface area contributed by atoms with Gasteiger partial charge in [-0.2, -0.15) is 0 Å². The van der Waals surface area contributed by atoms with Gasteiger partial charge in [0.2, 0.25) is 5.91 Å². The van der Waals surface area contributed by atoms with Gasteiger partial charge in [0.25, 0.3) is 0 Å². The summed E-state index contributed by atoms with van der Waals surface area (Å²) in [4.78, 5) is 25.8. The number of hydrogen-bond acceptors (Lipinski definition) is 4. The van der Waals surface area contributed by atoms with E-state index in [4.69, 9.17) is 4.74 Å². The fraction of sp³-hybridized carbons (Fsp3) is 0.579. The molecule has 2 saturated heterocycles. The number of carboxylic acid groups (broad SMARTS) is 1. The van der Waals surface area contributed by atoms with Gasteiger partial charge < -0.3 is 15.2 Å². The van der Waals surface area contributed by atoms with Gasteiger partial charge in [0.1, 0.15) is 11.2 Å². The Kier molecular flexibility index (Phi) is 4.15. The summed E-state index contributed by atoms with van der Waals surface area (Å²) in [5.41, 5.74) is 0.117. The zero-order chi connectivity index (χ0) is 17.4. The number of benzene rings is 1. The van der Waals surface area contributed by atoms with Crippen LogP contribution in [0.3, 0.4) is 0 Å². The second kappa shape index (κ2) is 6.33. The van der Waals surface area contributed by atoms with E-state index in [-0.39, 0.29) is 12.5 Å². The van der Waals surface area contributed by atoms with Gasteiger partial charge in [0.05, 0.1) is 12.0 Å². The van der Waals surface area contributed by atoms with Crippen molar-refractivity contribution in [2.75, 3.05) is 19.6 Å². The standard InChI is InChI=1S/C19H24N2O4/c22-17-16-10-21(12-19(16,11-20-17)18(23)24)9-13-4-3-7-15(8-13)25-14-5-1-2-6-14/h3-4,7-8,14,16H,1-2,5-6,9-12H2,(H,20,22)(H,23,24)/t16?,19-/m1/s1. The highest BCUT2D eigenvalue weighted by Crippen LogP contribution is 2.40. The van der Waals surface area contributed by atoms with E-state index in [1.165, 1.54) is 12.8 Å². The number of nitrogens with zero attached hydrogens (tertiary/aromatic N) is 1. The number of carbonyl (C=O) groups excluding carboxylic acids is 1. The van der Waals surface area contributed by atoms with Gasteiger partial charge in [-0.05, 0) is 43.4 Å². The highest BCUT2D eigenvalue weighted by molar-refractivity contribution is 5.92.